The highest BCUT2D eigenvalue weighted by molar-refractivity contribution is 9.09. The second-order valence-corrected chi connectivity index (χ2v) is 6.95. The molecule has 2 aliphatic rings. The van der Waals surface area contributed by atoms with E-state index in [-0.39, 0.29) is 24.7 Å². The molecule has 18 heavy (non-hydrogen) atoms. The molecule has 2 aliphatic carbocycles. The number of hydrogen-bond acceptors (Lipinski definition) is 1. The lowest BCUT2D eigenvalue weighted by Crippen LogP contribution is -2.37. The summed E-state index contributed by atoms with van der Waals surface area (Å²) in [5.41, 5.74) is 0. The number of carbonyl (C=O) groups is 1. The van der Waals surface area contributed by atoms with Gasteiger partial charge in [-0.2, -0.15) is 0 Å². The molecule has 1 N–H and O–H groups in total. The van der Waals surface area contributed by atoms with E-state index in [0.29, 0.717) is 30.1 Å². The molecule has 0 bridgehead atoms. The minimum Gasteiger partial charge on any atom is -0.356 e. The molecule has 0 heterocycles. The smallest absolute Gasteiger partial charge is 0.248 e. The van der Waals surface area contributed by atoms with Crippen molar-refractivity contribution < 1.29 is 13.6 Å². The van der Waals surface area contributed by atoms with Gasteiger partial charge in [-0.15, -0.1) is 0 Å². The molecule has 0 aromatic rings. The molecule has 2 fully saturated rings. The van der Waals surface area contributed by atoms with Crippen LogP contribution in [0.2, 0.25) is 0 Å². The second-order valence-electron chi connectivity index (χ2n) is 5.65. The maximum Gasteiger partial charge on any atom is 0.248 e. The molecule has 2 atom stereocenters. The number of alkyl halides is 3. The molecule has 0 aromatic carbocycles. The van der Waals surface area contributed by atoms with Gasteiger partial charge in [0.25, 0.3) is 0 Å². The maximum absolute atomic E-state index is 13.0. The molecule has 2 rings (SSSR count). The van der Waals surface area contributed by atoms with Gasteiger partial charge in [0.15, 0.2) is 0 Å². The van der Waals surface area contributed by atoms with E-state index in [4.69, 9.17) is 0 Å². The van der Waals surface area contributed by atoms with Gasteiger partial charge in [0, 0.05) is 30.1 Å². The first-order valence-electron chi connectivity index (χ1n) is 6.76. The zero-order valence-electron chi connectivity index (χ0n) is 10.4. The van der Waals surface area contributed by atoms with Crippen LogP contribution < -0.4 is 5.32 Å². The fraction of sp³-hybridized carbons (Fsp3) is 0.923. The van der Waals surface area contributed by atoms with Crippen LogP contribution in [-0.4, -0.2) is 23.2 Å². The third-order valence-corrected chi connectivity index (χ3v) is 4.96. The van der Waals surface area contributed by atoms with Crippen molar-refractivity contribution >= 4 is 21.8 Å². The largest absolute Gasteiger partial charge is 0.356 e. The Labute approximate surface area is 115 Å². The Balaban J connectivity index is 1.69. The van der Waals surface area contributed by atoms with Gasteiger partial charge >= 0.3 is 0 Å². The van der Waals surface area contributed by atoms with Gasteiger partial charge in [0.05, 0.1) is 0 Å². The SMILES string of the molecule is O=C(NCC1CCC(Br)C1)C1CCC(F)(F)CC1. The Hall–Kier alpha value is -0.190. The predicted molar refractivity (Wildman–Crippen MR) is 70.0 cm³/mol. The molecule has 0 aliphatic heterocycles. The fourth-order valence-electron chi connectivity index (χ4n) is 2.89. The molecule has 0 saturated heterocycles. The number of amides is 1. The van der Waals surface area contributed by atoms with Gasteiger partial charge < -0.3 is 5.32 Å². The fourth-order valence-corrected chi connectivity index (χ4v) is 3.68. The molecular formula is C13H20BrF2NO. The van der Waals surface area contributed by atoms with Gasteiger partial charge in [0.1, 0.15) is 0 Å². The molecule has 0 aromatic heterocycles. The Kier molecular flexibility index (Phi) is 4.62. The van der Waals surface area contributed by atoms with E-state index in [1.165, 1.54) is 0 Å². The highest BCUT2D eigenvalue weighted by Crippen LogP contribution is 2.36. The minimum absolute atomic E-state index is 0.0245. The summed E-state index contributed by atoms with van der Waals surface area (Å²) in [6.07, 6.45) is 3.77. The third kappa shape index (κ3) is 3.90. The summed E-state index contributed by atoms with van der Waals surface area (Å²) >= 11 is 3.58. The topological polar surface area (TPSA) is 29.1 Å². The number of halogens is 3. The summed E-state index contributed by atoms with van der Waals surface area (Å²) in [6, 6.07) is 0. The number of nitrogens with one attached hydrogen (secondary N) is 1. The van der Waals surface area contributed by atoms with Crippen molar-refractivity contribution in [1.82, 2.24) is 5.32 Å². The highest BCUT2D eigenvalue weighted by atomic mass is 79.9. The van der Waals surface area contributed by atoms with Crippen LogP contribution in [0.15, 0.2) is 0 Å². The summed E-state index contributed by atoms with van der Waals surface area (Å²) in [4.78, 5) is 12.5. The van der Waals surface area contributed by atoms with E-state index in [1.54, 1.807) is 0 Å². The zero-order chi connectivity index (χ0) is 13.2. The molecule has 1 amide bonds. The molecule has 5 heteroatoms. The summed E-state index contributed by atoms with van der Waals surface area (Å²) in [6.45, 7) is 0.702. The van der Waals surface area contributed by atoms with E-state index in [2.05, 4.69) is 21.2 Å². The van der Waals surface area contributed by atoms with E-state index < -0.39 is 5.92 Å². The monoisotopic (exact) mass is 323 g/mol. The van der Waals surface area contributed by atoms with E-state index >= 15 is 0 Å². The van der Waals surface area contributed by atoms with Crippen molar-refractivity contribution in [3.05, 3.63) is 0 Å². The van der Waals surface area contributed by atoms with Crippen molar-refractivity contribution in [2.75, 3.05) is 6.54 Å². The van der Waals surface area contributed by atoms with Gasteiger partial charge in [-0.3, -0.25) is 4.79 Å². The molecule has 2 unspecified atom stereocenters. The zero-order valence-corrected chi connectivity index (χ0v) is 12.0. The summed E-state index contributed by atoms with van der Waals surface area (Å²) in [7, 11) is 0. The summed E-state index contributed by atoms with van der Waals surface area (Å²) in [5, 5.41) is 2.94. The van der Waals surface area contributed by atoms with Gasteiger partial charge in [-0.05, 0) is 38.0 Å². The Morgan fingerprint density at radius 1 is 1.22 bits per heavy atom. The van der Waals surface area contributed by atoms with Crippen LogP contribution in [0, 0.1) is 11.8 Å². The van der Waals surface area contributed by atoms with Crippen molar-refractivity contribution in [3.8, 4) is 0 Å². The van der Waals surface area contributed by atoms with Crippen LogP contribution in [0.5, 0.6) is 0 Å². The lowest BCUT2D eigenvalue weighted by atomic mass is 9.86. The van der Waals surface area contributed by atoms with Crippen molar-refractivity contribution in [2.45, 2.75) is 55.7 Å². The Morgan fingerprint density at radius 3 is 2.44 bits per heavy atom. The predicted octanol–water partition coefficient (Wildman–Crippen LogP) is 3.49. The van der Waals surface area contributed by atoms with Crippen LogP contribution in [-0.2, 0) is 4.79 Å². The van der Waals surface area contributed by atoms with E-state index in [9.17, 15) is 13.6 Å². The molecule has 0 radical (unpaired) electrons. The van der Waals surface area contributed by atoms with Gasteiger partial charge in [-0.1, -0.05) is 15.9 Å². The molecule has 2 saturated carbocycles. The average Bonchev–Trinajstić information content (AvgIpc) is 2.72. The molecule has 0 spiro atoms. The highest BCUT2D eigenvalue weighted by Gasteiger charge is 2.37. The number of rotatable bonds is 3. The first kappa shape index (κ1) is 14.2. The van der Waals surface area contributed by atoms with Gasteiger partial charge in [0.2, 0.25) is 11.8 Å². The first-order valence-corrected chi connectivity index (χ1v) is 7.67. The summed E-state index contributed by atoms with van der Waals surface area (Å²) < 4.78 is 26.0. The lowest BCUT2D eigenvalue weighted by molar-refractivity contribution is -0.129. The third-order valence-electron chi connectivity index (χ3n) is 4.13. The van der Waals surface area contributed by atoms with Crippen LogP contribution >= 0.6 is 15.9 Å². The number of carbonyl (C=O) groups excluding carboxylic acids is 1. The first-order chi connectivity index (χ1) is 8.46. The van der Waals surface area contributed by atoms with Crippen molar-refractivity contribution in [2.24, 2.45) is 11.8 Å². The second kappa shape index (κ2) is 5.85. The van der Waals surface area contributed by atoms with E-state index in [0.717, 1.165) is 19.3 Å². The summed E-state index contributed by atoms with van der Waals surface area (Å²) in [5.74, 6) is -2.23. The maximum atomic E-state index is 13.0. The molecule has 104 valence electrons. The van der Waals surface area contributed by atoms with Crippen LogP contribution in [0.25, 0.3) is 0 Å². The molecule has 2 nitrogen and oxygen atoms in total. The van der Waals surface area contributed by atoms with E-state index in [1.807, 2.05) is 0 Å². The average molecular weight is 324 g/mol. The van der Waals surface area contributed by atoms with Crippen LogP contribution in [0.4, 0.5) is 8.78 Å². The normalized spacial score (nSPS) is 32.4. The number of hydrogen-bond donors (Lipinski definition) is 1. The van der Waals surface area contributed by atoms with Crippen molar-refractivity contribution in [1.29, 1.82) is 0 Å². The van der Waals surface area contributed by atoms with Crippen LogP contribution in [0.1, 0.15) is 44.9 Å². The Bertz CT molecular complexity index is 301. The van der Waals surface area contributed by atoms with Gasteiger partial charge in [-0.25, -0.2) is 8.78 Å². The molecular weight excluding hydrogens is 304 g/mol. The minimum atomic E-state index is -2.55. The van der Waals surface area contributed by atoms with Crippen molar-refractivity contribution in [3.63, 3.8) is 0 Å². The quantitative estimate of drug-likeness (QED) is 0.791. The standard InChI is InChI=1S/C13H20BrF2NO/c14-11-2-1-9(7-11)8-17-12(18)10-3-5-13(15,16)6-4-10/h9-11H,1-8H2,(H,17,18). The lowest BCUT2D eigenvalue weighted by Gasteiger charge is -2.27. The van der Waals surface area contributed by atoms with Crippen LogP contribution in [0.3, 0.4) is 0 Å². The Morgan fingerprint density at radius 2 is 1.89 bits per heavy atom.